The summed E-state index contributed by atoms with van der Waals surface area (Å²) in [6.07, 6.45) is 1.74. The van der Waals surface area contributed by atoms with Crippen LogP contribution in [-0.4, -0.2) is 14.2 Å². The molecule has 1 aromatic rings. The van der Waals surface area contributed by atoms with Crippen molar-refractivity contribution in [3.05, 3.63) is 17.7 Å². The second kappa shape index (κ2) is 2.49. The molecule has 0 aliphatic rings. The van der Waals surface area contributed by atoms with Gasteiger partial charge in [0.05, 0.1) is 4.20 Å². The predicted octanol–water partition coefficient (Wildman–Crippen LogP) is 1.32. The van der Waals surface area contributed by atoms with Crippen molar-refractivity contribution in [2.24, 2.45) is 0 Å². The monoisotopic (exact) mass is 158 g/mol. The Morgan fingerprint density at radius 2 is 2.56 bits per heavy atom. The van der Waals surface area contributed by atoms with Gasteiger partial charge in [-0.3, -0.25) is 0 Å². The van der Waals surface area contributed by atoms with Gasteiger partial charge in [-0.25, -0.2) is 4.98 Å². The Hall–Kier alpha value is -0.350. The third-order valence-corrected chi connectivity index (χ3v) is 1.36. The van der Waals surface area contributed by atoms with Gasteiger partial charge in [0.15, 0.2) is 0 Å². The number of aromatic nitrogens is 2. The minimum Gasteiger partial charge on any atom is -0.348 e. The minimum atomic E-state index is 0.527. The molecule has 0 aliphatic heterocycles. The zero-order valence-electron chi connectivity index (χ0n) is 4.88. The summed E-state index contributed by atoms with van der Waals surface area (Å²) in [6.45, 7) is 1.87. The standard InChI is InChI=1S/C5H6N2S2/c1-3-6-2-4(7-3)5(8)9/h2H,1H3,(H,6,7)(H,8,9). The lowest BCUT2D eigenvalue weighted by Gasteiger charge is -1.82. The number of thiocarbonyl (C=S) groups is 1. The minimum absolute atomic E-state index is 0.527. The molecule has 1 N–H and O–H groups in total. The molecule has 2 nitrogen and oxygen atoms in total. The fourth-order valence-electron chi connectivity index (χ4n) is 0.528. The lowest BCUT2D eigenvalue weighted by Crippen LogP contribution is -1.85. The van der Waals surface area contributed by atoms with Crippen LogP contribution >= 0.6 is 24.8 Å². The Bertz CT molecular complexity index is 229. The van der Waals surface area contributed by atoms with Gasteiger partial charge in [-0.15, -0.1) is 12.6 Å². The van der Waals surface area contributed by atoms with Gasteiger partial charge in [-0.1, -0.05) is 12.2 Å². The summed E-state index contributed by atoms with van der Waals surface area (Å²) >= 11 is 8.71. The quantitative estimate of drug-likeness (QED) is 0.477. The molecule has 0 unspecified atom stereocenters. The molecule has 0 aromatic carbocycles. The van der Waals surface area contributed by atoms with Crippen molar-refractivity contribution in [1.82, 2.24) is 9.97 Å². The number of H-pyrrole nitrogens is 1. The van der Waals surface area contributed by atoms with Crippen LogP contribution in [0.4, 0.5) is 0 Å². The Labute approximate surface area is 64.1 Å². The SMILES string of the molecule is Cc1nc(C(=S)S)c[nH]1. The molecule has 0 saturated carbocycles. The number of hydrogen-bond donors (Lipinski definition) is 2. The summed E-state index contributed by atoms with van der Waals surface area (Å²) in [6, 6.07) is 0. The van der Waals surface area contributed by atoms with Crippen LogP contribution in [0.1, 0.15) is 11.5 Å². The van der Waals surface area contributed by atoms with Crippen LogP contribution in [0.2, 0.25) is 0 Å². The zero-order chi connectivity index (χ0) is 6.85. The summed E-state index contributed by atoms with van der Waals surface area (Å²) in [5, 5.41) is 0. The number of nitrogens with zero attached hydrogens (tertiary/aromatic N) is 1. The van der Waals surface area contributed by atoms with Crippen molar-refractivity contribution in [2.45, 2.75) is 6.92 Å². The first kappa shape index (κ1) is 6.77. The van der Waals surface area contributed by atoms with E-state index in [0.717, 1.165) is 11.5 Å². The topological polar surface area (TPSA) is 28.7 Å². The van der Waals surface area contributed by atoms with E-state index in [1.54, 1.807) is 6.20 Å². The van der Waals surface area contributed by atoms with E-state index in [1.165, 1.54) is 0 Å². The highest BCUT2D eigenvalue weighted by Gasteiger charge is 1.97. The van der Waals surface area contributed by atoms with Gasteiger partial charge in [0.25, 0.3) is 0 Å². The molecule has 1 aromatic heterocycles. The third kappa shape index (κ3) is 1.53. The Balaban J connectivity index is 2.98. The van der Waals surface area contributed by atoms with Gasteiger partial charge in [0, 0.05) is 6.20 Å². The number of aromatic amines is 1. The van der Waals surface area contributed by atoms with E-state index in [0.29, 0.717) is 4.20 Å². The number of aryl methyl sites for hydroxylation is 1. The fourth-order valence-corrected chi connectivity index (χ4v) is 0.747. The van der Waals surface area contributed by atoms with Gasteiger partial charge >= 0.3 is 0 Å². The van der Waals surface area contributed by atoms with Crippen LogP contribution in [0.15, 0.2) is 6.20 Å². The molecule has 0 fully saturated rings. The first-order valence-corrected chi connectivity index (χ1v) is 3.31. The first-order valence-electron chi connectivity index (χ1n) is 2.45. The Morgan fingerprint density at radius 3 is 2.78 bits per heavy atom. The maximum absolute atomic E-state index is 4.76. The zero-order valence-corrected chi connectivity index (χ0v) is 6.59. The summed E-state index contributed by atoms with van der Waals surface area (Å²) in [5.74, 6) is 0.862. The van der Waals surface area contributed by atoms with Gasteiger partial charge < -0.3 is 4.98 Å². The molecule has 1 heterocycles. The van der Waals surface area contributed by atoms with Gasteiger partial charge in [-0.2, -0.15) is 0 Å². The van der Waals surface area contributed by atoms with Crippen LogP contribution in [0.25, 0.3) is 0 Å². The van der Waals surface area contributed by atoms with Crippen LogP contribution < -0.4 is 0 Å². The fraction of sp³-hybridized carbons (Fsp3) is 0.200. The van der Waals surface area contributed by atoms with Crippen LogP contribution in [0.5, 0.6) is 0 Å². The number of hydrogen-bond acceptors (Lipinski definition) is 2. The average molecular weight is 158 g/mol. The number of rotatable bonds is 1. The summed E-state index contributed by atoms with van der Waals surface area (Å²) in [4.78, 5) is 6.94. The van der Waals surface area contributed by atoms with Crippen molar-refractivity contribution < 1.29 is 0 Å². The lowest BCUT2D eigenvalue weighted by atomic mass is 10.6. The predicted molar refractivity (Wildman–Crippen MR) is 44.0 cm³/mol. The molecule has 0 saturated heterocycles. The summed E-state index contributed by atoms with van der Waals surface area (Å²) in [5.41, 5.74) is 0.742. The molecule has 0 amide bonds. The average Bonchev–Trinajstić information content (AvgIpc) is 2.14. The molecule has 9 heavy (non-hydrogen) atoms. The van der Waals surface area contributed by atoms with Crippen LogP contribution in [0.3, 0.4) is 0 Å². The highest BCUT2D eigenvalue weighted by molar-refractivity contribution is 8.11. The van der Waals surface area contributed by atoms with E-state index in [9.17, 15) is 0 Å². The normalized spacial score (nSPS) is 9.56. The van der Waals surface area contributed by atoms with Gasteiger partial charge in [0.2, 0.25) is 0 Å². The lowest BCUT2D eigenvalue weighted by molar-refractivity contribution is 1.15. The van der Waals surface area contributed by atoms with Crippen molar-refractivity contribution in [3.8, 4) is 0 Å². The van der Waals surface area contributed by atoms with Crippen LogP contribution in [-0.2, 0) is 0 Å². The highest BCUT2D eigenvalue weighted by atomic mass is 32.1. The molecular formula is C5H6N2S2. The van der Waals surface area contributed by atoms with Crippen molar-refractivity contribution in [1.29, 1.82) is 0 Å². The molecule has 48 valence electrons. The maximum Gasteiger partial charge on any atom is 0.105 e. The Kier molecular flexibility index (Phi) is 1.87. The highest BCUT2D eigenvalue weighted by Crippen LogP contribution is 2.00. The molecule has 0 radical (unpaired) electrons. The largest absolute Gasteiger partial charge is 0.348 e. The second-order valence-corrected chi connectivity index (χ2v) is 2.83. The third-order valence-electron chi connectivity index (χ3n) is 0.925. The molecule has 1 rings (SSSR count). The number of thiol groups is 1. The van der Waals surface area contributed by atoms with Crippen molar-refractivity contribution >= 4 is 29.0 Å². The summed E-state index contributed by atoms with van der Waals surface area (Å²) < 4.78 is 0.527. The molecular weight excluding hydrogens is 152 g/mol. The molecule has 0 aliphatic carbocycles. The Morgan fingerprint density at radius 1 is 1.89 bits per heavy atom. The van der Waals surface area contributed by atoms with Crippen LogP contribution in [0, 0.1) is 6.92 Å². The smallest absolute Gasteiger partial charge is 0.105 e. The van der Waals surface area contributed by atoms with E-state index < -0.39 is 0 Å². The molecule has 0 spiro atoms. The molecule has 0 atom stereocenters. The van der Waals surface area contributed by atoms with E-state index in [2.05, 4.69) is 22.6 Å². The van der Waals surface area contributed by atoms with Gasteiger partial charge in [-0.05, 0) is 6.92 Å². The second-order valence-electron chi connectivity index (χ2n) is 1.68. The first-order chi connectivity index (χ1) is 4.20. The van der Waals surface area contributed by atoms with Gasteiger partial charge in [0.1, 0.15) is 11.5 Å². The van der Waals surface area contributed by atoms with E-state index in [4.69, 9.17) is 12.2 Å². The van der Waals surface area contributed by atoms with Crippen molar-refractivity contribution in [3.63, 3.8) is 0 Å². The van der Waals surface area contributed by atoms with E-state index >= 15 is 0 Å². The van der Waals surface area contributed by atoms with Crippen molar-refractivity contribution in [2.75, 3.05) is 0 Å². The number of nitrogens with one attached hydrogen (secondary N) is 1. The van der Waals surface area contributed by atoms with E-state index in [-0.39, 0.29) is 0 Å². The van der Waals surface area contributed by atoms with E-state index in [1.807, 2.05) is 6.92 Å². The molecule has 4 heteroatoms. The summed E-state index contributed by atoms with van der Waals surface area (Å²) in [7, 11) is 0. The maximum atomic E-state index is 4.76. The number of imidazole rings is 1. The molecule has 0 bridgehead atoms.